The number of rotatable bonds is 8. The molecule has 0 aliphatic carbocycles. The van der Waals surface area contributed by atoms with Gasteiger partial charge in [-0.3, -0.25) is 9.78 Å². The van der Waals surface area contributed by atoms with E-state index < -0.39 is 0 Å². The molecule has 1 saturated heterocycles. The molecule has 2 aromatic carbocycles. The Bertz CT molecular complexity index is 1150. The fourth-order valence-electron chi connectivity index (χ4n) is 4.78. The fraction of sp³-hybridized carbons (Fsp3) is 0.419. The van der Waals surface area contributed by atoms with Crippen molar-refractivity contribution in [2.24, 2.45) is 5.92 Å². The summed E-state index contributed by atoms with van der Waals surface area (Å²) in [7, 11) is 0. The number of hydrogen-bond acceptors (Lipinski definition) is 3. The molecule has 0 spiro atoms. The number of piperidine rings is 1. The summed E-state index contributed by atoms with van der Waals surface area (Å²) in [4.78, 5) is 22.6. The number of carbonyl (C=O) groups is 1. The van der Waals surface area contributed by atoms with Crippen LogP contribution in [0.1, 0.15) is 60.3 Å². The summed E-state index contributed by atoms with van der Waals surface area (Å²) in [5, 5.41) is 0. The van der Waals surface area contributed by atoms with Crippen LogP contribution in [-0.2, 0) is 6.54 Å². The molecule has 1 fully saturated rings. The van der Waals surface area contributed by atoms with E-state index in [0.717, 1.165) is 54.7 Å². The molecule has 1 aliphatic heterocycles. The molecular formula is C31H38FN3O. The third kappa shape index (κ3) is 6.58. The van der Waals surface area contributed by atoms with Crippen molar-refractivity contribution in [3.05, 3.63) is 89.0 Å². The molecule has 0 unspecified atom stereocenters. The third-order valence-corrected chi connectivity index (χ3v) is 7.22. The third-order valence-electron chi connectivity index (χ3n) is 7.22. The van der Waals surface area contributed by atoms with Crippen molar-refractivity contribution in [3.8, 4) is 11.1 Å². The van der Waals surface area contributed by atoms with E-state index in [9.17, 15) is 9.18 Å². The van der Waals surface area contributed by atoms with Crippen LogP contribution in [0.3, 0.4) is 0 Å². The molecule has 4 rings (SSSR count). The fourth-order valence-corrected chi connectivity index (χ4v) is 4.78. The number of amides is 1. The van der Waals surface area contributed by atoms with Gasteiger partial charge in [-0.1, -0.05) is 56.3 Å². The lowest BCUT2D eigenvalue weighted by molar-refractivity contribution is 0.0540. The average Bonchev–Trinajstić information content (AvgIpc) is 2.88. The average molecular weight is 488 g/mol. The zero-order valence-corrected chi connectivity index (χ0v) is 22.0. The summed E-state index contributed by atoms with van der Waals surface area (Å²) in [5.74, 6) is 0.492. The molecule has 1 amide bonds. The van der Waals surface area contributed by atoms with E-state index in [-0.39, 0.29) is 17.8 Å². The van der Waals surface area contributed by atoms with Crippen LogP contribution >= 0.6 is 0 Å². The first kappa shape index (κ1) is 26.0. The molecule has 1 aromatic heterocycles. The van der Waals surface area contributed by atoms with E-state index in [4.69, 9.17) is 0 Å². The summed E-state index contributed by atoms with van der Waals surface area (Å²) in [6.07, 6.45) is 4.90. The minimum absolute atomic E-state index is 0.0136. The lowest BCUT2D eigenvalue weighted by atomic mass is 9.99. The molecule has 1 aliphatic rings. The summed E-state index contributed by atoms with van der Waals surface area (Å²) >= 11 is 0. The number of carbonyl (C=O) groups excluding carboxylic acids is 1. The van der Waals surface area contributed by atoms with Crippen LogP contribution in [0.15, 0.2) is 60.8 Å². The molecule has 0 saturated carbocycles. The van der Waals surface area contributed by atoms with Gasteiger partial charge in [-0.2, -0.15) is 0 Å². The highest BCUT2D eigenvalue weighted by Gasteiger charge is 2.29. The van der Waals surface area contributed by atoms with Crippen LogP contribution in [0.2, 0.25) is 0 Å². The van der Waals surface area contributed by atoms with Crippen molar-refractivity contribution in [2.75, 3.05) is 19.6 Å². The van der Waals surface area contributed by atoms with Gasteiger partial charge < -0.3 is 9.80 Å². The molecule has 2 heterocycles. The minimum atomic E-state index is -0.196. The largest absolute Gasteiger partial charge is 0.330 e. The van der Waals surface area contributed by atoms with Crippen molar-refractivity contribution in [3.63, 3.8) is 0 Å². The number of likely N-dealkylation sites (tertiary alicyclic amines) is 1. The molecule has 0 N–H and O–H groups in total. The van der Waals surface area contributed by atoms with Crippen molar-refractivity contribution in [1.82, 2.24) is 14.8 Å². The molecule has 190 valence electrons. The molecule has 3 aromatic rings. The number of hydrogen-bond donors (Lipinski definition) is 0. The van der Waals surface area contributed by atoms with Gasteiger partial charge in [0.15, 0.2) is 0 Å². The number of nitrogens with zero attached hydrogens (tertiary/aromatic N) is 3. The van der Waals surface area contributed by atoms with Gasteiger partial charge in [-0.05, 0) is 85.5 Å². The van der Waals surface area contributed by atoms with E-state index >= 15 is 0 Å². The van der Waals surface area contributed by atoms with Crippen LogP contribution in [0.4, 0.5) is 4.39 Å². The lowest BCUT2D eigenvalue weighted by Gasteiger charge is -2.38. The Labute approximate surface area is 215 Å². The number of pyridine rings is 1. The van der Waals surface area contributed by atoms with Gasteiger partial charge >= 0.3 is 0 Å². The van der Waals surface area contributed by atoms with Crippen LogP contribution in [0.25, 0.3) is 11.1 Å². The molecule has 0 atom stereocenters. The van der Waals surface area contributed by atoms with Gasteiger partial charge in [0.05, 0.1) is 0 Å². The highest BCUT2D eigenvalue weighted by Crippen LogP contribution is 2.25. The molecule has 5 heteroatoms. The Morgan fingerprint density at radius 3 is 2.33 bits per heavy atom. The predicted molar refractivity (Wildman–Crippen MR) is 144 cm³/mol. The Balaban J connectivity index is 1.51. The van der Waals surface area contributed by atoms with E-state index in [1.807, 2.05) is 54.3 Å². The topological polar surface area (TPSA) is 36.4 Å². The van der Waals surface area contributed by atoms with E-state index in [1.165, 1.54) is 6.42 Å². The summed E-state index contributed by atoms with van der Waals surface area (Å²) in [5.41, 5.74) is 5.07. The Hall–Kier alpha value is -3.05. The van der Waals surface area contributed by atoms with Gasteiger partial charge in [-0.15, -0.1) is 0 Å². The quantitative estimate of drug-likeness (QED) is 0.357. The highest BCUT2D eigenvalue weighted by molar-refractivity contribution is 5.92. The number of aryl methyl sites for hydroxylation is 2. The van der Waals surface area contributed by atoms with Gasteiger partial charge in [0.1, 0.15) is 11.5 Å². The standard InChI is InChI=1S/C31H38FN3O/c1-22(2)13-16-34-17-14-28(15-18-34)35(31(36)30-12-5-23(3)20-33-30)21-25-7-10-26(11-8-25)27-9-6-24(4)29(32)19-27/h5-12,19-20,22,28H,13-18,21H2,1-4H3. The first-order chi connectivity index (χ1) is 17.3. The summed E-state index contributed by atoms with van der Waals surface area (Å²) < 4.78 is 14.1. The van der Waals surface area contributed by atoms with E-state index in [0.29, 0.717) is 23.7 Å². The van der Waals surface area contributed by atoms with Gasteiger partial charge in [-0.25, -0.2) is 4.39 Å². The maximum atomic E-state index is 14.1. The summed E-state index contributed by atoms with van der Waals surface area (Å²) in [6.45, 7) is 12.0. The van der Waals surface area contributed by atoms with E-state index in [2.05, 4.69) is 23.7 Å². The second-order valence-corrected chi connectivity index (χ2v) is 10.6. The smallest absolute Gasteiger partial charge is 0.272 e. The van der Waals surface area contributed by atoms with Gasteiger partial charge in [0, 0.05) is 31.9 Å². The first-order valence-corrected chi connectivity index (χ1v) is 13.1. The summed E-state index contributed by atoms with van der Waals surface area (Å²) in [6, 6.07) is 17.4. The minimum Gasteiger partial charge on any atom is -0.330 e. The number of aromatic nitrogens is 1. The monoisotopic (exact) mass is 487 g/mol. The van der Waals surface area contributed by atoms with Crippen molar-refractivity contribution in [1.29, 1.82) is 0 Å². The predicted octanol–water partition coefficient (Wildman–Crippen LogP) is 6.66. The Morgan fingerprint density at radius 1 is 1.03 bits per heavy atom. The molecule has 4 nitrogen and oxygen atoms in total. The Kier molecular flexibility index (Phi) is 8.52. The van der Waals surface area contributed by atoms with Crippen molar-refractivity contribution >= 4 is 5.91 Å². The number of benzene rings is 2. The maximum Gasteiger partial charge on any atom is 0.272 e. The molecule has 0 bridgehead atoms. The van der Waals surface area contributed by atoms with Crippen LogP contribution < -0.4 is 0 Å². The van der Waals surface area contributed by atoms with Crippen LogP contribution in [0.5, 0.6) is 0 Å². The van der Waals surface area contributed by atoms with Crippen LogP contribution in [-0.4, -0.2) is 46.4 Å². The molecule has 36 heavy (non-hydrogen) atoms. The van der Waals surface area contributed by atoms with Crippen LogP contribution in [0, 0.1) is 25.6 Å². The lowest BCUT2D eigenvalue weighted by Crippen LogP contribution is -2.47. The van der Waals surface area contributed by atoms with Crippen molar-refractivity contribution < 1.29 is 9.18 Å². The molecule has 0 radical (unpaired) electrons. The van der Waals surface area contributed by atoms with Gasteiger partial charge in [0.25, 0.3) is 5.91 Å². The second-order valence-electron chi connectivity index (χ2n) is 10.6. The number of halogens is 1. The van der Waals surface area contributed by atoms with Crippen molar-refractivity contribution in [2.45, 2.75) is 59.5 Å². The Morgan fingerprint density at radius 2 is 1.72 bits per heavy atom. The highest BCUT2D eigenvalue weighted by atomic mass is 19.1. The zero-order valence-electron chi connectivity index (χ0n) is 22.0. The zero-order chi connectivity index (χ0) is 25.7. The van der Waals surface area contributed by atoms with Gasteiger partial charge in [0.2, 0.25) is 0 Å². The maximum absolute atomic E-state index is 14.1. The first-order valence-electron chi connectivity index (χ1n) is 13.1. The van der Waals surface area contributed by atoms with E-state index in [1.54, 1.807) is 25.3 Å². The second kappa shape index (κ2) is 11.8. The molecular weight excluding hydrogens is 449 g/mol. The normalized spacial score (nSPS) is 14.8. The SMILES string of the molecule is Cc1ccc(C(=O)N(Cc2ccc(-c3ccc(C)c(F)c3)cc2)C2CCN(CCC(C)C)CC2)nc1.